The van der Waals surface area contributed by atoms with E-state index in [0.717, 1.165) is 18.2 Å². The molecule has 4 nitrogen and oxygen atoms in total. The van der Waals surface area contributed by atoms with Crippen LogP contribution in [0.3, 0.4) is 0 Å². The first kappa shape index (κ1) is 20.6. The Morgan fingerprint density at radius 1 is 0.862 bits per heavy atom. The van der Waals surface area contributed by atoms with E-state index in [2.05, 4.69) is 15.6 Å². The standard InChI is InChI=1S/C18H11F6N3OS/c19-17(20,21)9-2-1-3-10(6-9)25-16(29)26-11-4-5-14-12(7-11)13(18(22,23)24)8-15(28)27-14/h1-8H,(H,27,28)(H2,25,26,29). The average Bonchev–Trinajstić information content (AvgIpc) is 2.60. The van der Waals surface area contributed by atoms with Gasteiger partial charge < -0.3 is 15.6 Å². The van der Waals surface area contributed by atoms with Crippen molar-refractivity contribution in [1.29, 1.82) is 0 Å². The number of fused-ring (bicyclic) bond motifs is 1. The van der Waals surface area contributed by atoms with Crippen LogP contribution < -0.4 is 16.2 Å². The minimum absolute atomic E-state index is 0.0212. The summed E-state index contributed by atoms with van der Waals surface area (Å²) in [6, 6.07) is 8.51. The molecule has 0 bridgehead atoms. The van der Waals surface area contributed by atoms with Crippen molar-refractivity contribution in [3.05, 3.63) is 70.0 Å². The molecule has 3 aromatic rings. The summed E-state index contributed by atoms with van der Waals surface area (Å²) in [5, 5.41) is 4.78. The van der Waals surface area contributed by atoms with Crippen molar-refractivity contribution < 1.29 is 26.3 Å². The van der Waals surface area contributed by atoms with Gasteiger partial charge in [-0.05, 0) is 48.6 Å². The second-order valence-electron chi connectivity index (χ2n) is 5.96. The fourth-order valence-electron chi connectivity index (χ4n) is 2.63. The number of anilines is 2. The van der Waals surface area contributed by atoms with E-state index >= 15 is 0 Å². The van der Waals surface area contributed by atoms with Crippen molar-refractivity contribution in [2.75, 3.05) is 10.6 Å². The van der Waals surface area contributed by atoms with Gasteiger partial charge in [-0.3, -0.25) is 4.79 Å². The highest BCUT2D eigenvalue weighted by Gasteiger charge is 2.33. The molecule has 0 saturated carbocycles. The number of benzene rings is 2. The van der Waals surface area contributed by atoms with Gasteiger partial charge in [0.05, 0.1) is 11.1 Å². The van der Waals surface area contributed by atoms with Gasteiger partial charge in [0.25, 0.3) is 0 Å². The minimum Gasteiger partial charge on any atom is -0.332 e. The number of nitrogens with one attached hydrogen (secondary N) is 3. The van der Waals surface area contributed by atoms with Crippen LogP contribution in [-0.4, -0.2) is 10.1 Å². The van der Waals surface area contributed by atoms with E-state index < -0.39 is 29.0 Å². The van der Waals surface area contributed by atoms with E-state index in [1.165, 1.54) is 24.3 Å². The Hall–Kier alpha value is -3.08. The molecule has 1 heterocycles. The van der Waals surface area contributed by atoms with Crippen molar-refractivity contribution in [2.45, 2.75) is 12.4 Å². The molecule has 0 unspecified atom stereocenters. The Morgan fingerprint density at radius 3 is 2.14 bits per heavy atom. The number of thiocarbonyl (C=S) groups is 1. The first-order valence-electron chi connectivity index (χ1n) is 7.93. The van der Waals surface area contributed by atoms with Crippen LogP contribution in [0.5, 0.6) is 0 Å². The average molecular weight is 431 g/mol. The highest BCUT2D eigenvalue weighted by molar-refractivity contribution is 7.80. The zero-order chi connectivity index (χ0) is 21.4. The van der Waals surface area contributed by atoms with Gasteiger partial charge in [0.2, 0.25) is 5.56 Å². The highest BCUT2D eigenvalue weighted by Crippen LogP contribution is 2.34. The zero-order valence-corrected chi connectivity index (χ0v) is 15.0. The highest BCUT2D eigenvalue weighted by atomic mass is 32.1. The molecule has 0 radical (unpaired) electrons. The third-order valence-corrected chi connectivity index (χ3v) is 4.06. The van der Waals surface area contributed by atoms with Gasteiger partial charge in [-0.1, -0.05) is 6.07 Å². The number of alkyl halides is 6. The maximum absolute atomic E-state index is 13.2. The van der Waals surface area contributed by atoms with Crippen LogP contribution in [-0.2, 0) is 12.4 Å². The van der Waals surface area contributed by atoms with Crippen molar-refractivity contribution in [2.24, 2.45) is 0 Å². The second-order valence-corrected chi connectivity index (χ2v) is 6.37. The van der Waals surface area contributed by atoms with Crippen LogP contribution in [0.25, 0.3) is 10.9 Å². The Morgan fingerprint density at radius 2 is 1.52 bits per heavy atom. The smallest absolute Gasteiger partial charge is 0.332 e. The third kappa shape index (κ3) is 4.86. The Balaban J connectivity index is 1.86. The third-order valence-electron chi connectivity index (χ3n) is 3.85. The fourth-order valence-corrected chi connectivity index (χ4v) is 2.87. The monoisotopic (exact) mass is 431 g/mol. The normalized spacial score (nSPS) is 12.1. The Labute approximate surface area is 164 Å². The lowest BCUT2D eigenvalue weighted by Gasteiger charge is -2.14. The first-order chi connectivity index (χ1) is 13.4. The second kappa shape index (κ2) is 7.39. The SMILES string of the molecule is O=c1cc(C(F)(F)F)c2cc(NC(=S)Nc3cccc(C(F)(F)F)c3)ccc2[nH]1. The summed E-state index contributed by atoms with van der Waals surface area (Å²) in [6.45, 7) is 0. The van der Waals surface area contributed by atoms with Crippen molar-refractivity contribution >= 4 is 39.6 Å². The predicted octanol–water partition coefficient (Wildman–Crippen LogP) is 5.37. The van der Waals surface area contributed by atoms with Crippen LogP contribution >= 0.6 is 12.2 Å². The maximum Gasteiger partial charge on any atom is 0.417 e. The van der Waals surface area contributed by atoms with Crippen LogP contribution in [0.2, 0.25) is 0 Å². The zero-order valence-electron chi connectivity index (χ0n) is 14.2. The van der Waals surface area contributed by atoms with E-state index in [0.29, 0.717) is 6.07 Å². The Bertz CT molecular complexity index is 1140. The van der Waals surface area contributed by atoms with Crippen LogP contribution in [0, 0.1) is 0 Å². The van der Waals surface area contributed by atoms with E-state index in [-0.39, 0.29) is 27.4 Å². The van der Waals surface area contributed by atoms with E-state index in [1.807, 2.05) is 0 Å². The first-order valence-corrected chi connectivity index (χ1v) is 8.34. The van der Waals surface area contributed by atoms with Gasteiger partial charge in [-0.25, -0.2) is 0 Å². The predicted molar refractivity (Wildman–Crippen MR) is 101 cm³/mol. The topological polar surface area (TPSA) is 56.9 Å². The summed E-state index contributed by atoms with van der Waals surface area (Å²) in [7, 11) is 0. The molecule has 29 heavy (non-hydrogen) atoms. The number of rotatable bonds is 2. The number of halogens is 6. The van der Waals surface area contributed by atoms with Crippen LogP contribution in [0.1, 0.15) is 11.1 Å². The Kier molecular flexibility index (Phi) is 5.26. The summed E-state index contributed by atoms with van der Waals surface area (Å²) < 4.78 is 77.9. The molecule has 0 aliphatic rings. The fraction of sp³-hybridized carbons (Fsp3) is 0.111. The molecule has 152 valence electrons. The van der Waals surface area contributed by atoms with Gasteiger partial charge in [0, 0.05) is 28.3 Å². The molecule has 0 spiro atoms. The molecule has 0 atom stereocenters. The molecule has 3 rings (SSSR count). The maximum atomic E-state index is 13.2. The van der Waals surface area contributed by atoms with Gasteiger partial charge in [-0.2, -0.15) is 26.3 Å². The quantitative estimate of drug-likeness (QED) is 0.377. The minimum atomic E-state index is -4.75. The molecule has 1 aromatic heterocycles. The molecule has 0 amide bonds. The van der Waals surface area contributed by atoms with E-state index in [9.17, 15) is 31.1 Å². The lowest BCUT2D eigenvalue weighted by molar-refractivity contribution is -0.138. The lowest BCUT2D eigenvalue weighted by Crippen LogP contribution is -2.20. The molecule has 2 aromatic carbocycles. The summed E-state index contributed by atoms with van der Waals surface area (Å²) in [6.07, 6.45) is -9.28. The summed E-state index contributed by atoms with van der Waals surface area (Å²) >= 11 is 5.02. The molecule has 11 heteroatoms. The molecule has 0 saturated heterocycles. The molecular weight excluding hydrogens is 420 g/mol. The van der Waals surface area contributed by atoms with Gasteiger partial charge in [-0.15, -0.1) is 0 Å². The molecule has 3 N–H and O–H groups in total. The number of hydrogen-bond acceptors (Lipinski definition) is 2. The van der Waals surface area contributed by atoms with Crippen molar-refractivity contribution in [3.8, 4) is 0 Å². The number of aromatic nitrogens is 1. The summed E-state index contributed by atoms with van der Waals surface area (Å²) in [5.41, 5.74) is -2.70. The number of pyridine rings is 1. The van der Waals surface area contributed by atoms with Crippen molar-refractivity contribution in [3.63, 3.8) is 0 Å². The molecule has 0 aliphatic heterocycles. The largest absolute Gasteiger partial charge is 0.417 e. The van der Waals surface area contributed by atoms with E-state index in [1.54, 1.807) is 0 Å². The van der Waals surface area contributed by atoms with E-state index in [4.69, 9.17) is 12.2 Å². The van der Waals surface area contributed by atoms with Gasteiger partial charge >= 0.3 is 12.4 Å². The molecular formula is C18H11F6N3OS. The lowest BCUT2D eigenvalue weighted by atomic mass is 10.1. The van der Waals surface area contributed by atoms with Crippen LogP contribution in [0.4, 0.5) is 37.7 Å². The van der Waals surface area contributed by atoms with Crippen molar-refractivity contribution in [1.82, 2.24) is 4.98 Å². The van der Waals surface area contributed by atoms with Gasteiger partial charge in [0.1, 0.15) is 0 Å². The molecule has 0 fully saturated rings. The van der Waals surface area contributed by atoms with Gasteiger partial charge in [0.15, 0.2) is 5.11 Å². The summed E-state index contributed by atoms with van der Waals surface area (Å²) in [4.78, 5) is 13.7. The summed E-state index contributed by atoms with van der Waals surface area (Å²) in [5.74, 6) is 0. The van der Waals surface area contributed by atoms with Crippen LogP contribution in [0.15, 0.2) is 53.3 Å². The molecule has 0 aliphatic carbocycles. The number of aromatic amines is 1. The number of H-pyrrole nitrogens is 1. The number of hydrogen-bond donors (Lipinski definition) is 3.